The summed E-state index contributed by atoms with van der Waals surface area (Å²) < 4.78 is 0. The first-order chi connectivity index (χ1) is 8.40. The van der Waals surface area contributed by atoms with Gasteiger partial charge in [0.05, 0.1) is 0 Å². The number of amides is 1. The fraction of sp³-hybridized carbons (Fsp3) is 0.933. The zero-order chi connectivity index (χ0) is 13.7. The van der Waals surface area contributed by atoms with Crippen molar-refractivity contribution in [3.8, 4) is 0 Å². The van der Waals surface area contributed by atoms with Crippen LogP contribution in [0, 0.1) is 11.8 Å². The lowest BCUT2D eigenvalue weighted by Gasteiger charge is -2.38. The molecule has 0 aromatic carbocycles. The number of piperidine rings is 1. The van der Waals surface area contributed by atoms with E-state index < -0.39 is 0 Å². The average molecular weight is 254 g/mol. The summed E-state index contributed by atoms with van der Waals surface area (Å²) in [7, 11) is 0. The third-order valence-corrected chi connectivity index (χ3v) is 3.88. The summed E-state index contributed by atoms with van der Waals surface area (Å²) >= 11 is 0. The molecule has 106 valence electrons. The normalized spacial score (nSPS) is 25.7. The van der Waals surface area contributed by atoms with Crippen LogP contribution in [-0.2, 0) is 4.79 Å². The van der Waals surface area contributed by atoms with Gasteiger partial charge in [0.25, 0.3) is 0 Å². The van der Waals surface area contributed by atoms with E-state index in [2.05, 4.69) is 31.0 Å². The maximum atomic E-state index is 11.7. The molecule has 1 rings (SSSR count). The number of hydrogen-bond acceptors (Lipinski definition) is 2. The first-order valence-corrected chi connectivity index (χ1v) is 7.44. The highest BCUT2D eigenvalue weighted by atomic mass is 16.1. The molecule has 0 aromatic heterocycles. The van der Waals surface area contributed by atoms with Crippen molar-refractivity contribution in [3.05, 3.63) is 0 Å². The minimum Gasteiger partial charge on any atom is -0.353 e. The van der Waals surface area contributed by atoms with Gasteiger partial charge in [0.1, 0.15) is 0 Å². The van der Waals surface area contributed by atoms with Crippen molar-refractivity contribution in [3.63, 3.8) is 0 Å². The van der Waals surface area contributed by atoms with Crippen LogP contribution in [0.3, 0.4) is 0 Å². The van der Waals surface area contributed by atoms with E-state index in [9.17, 15) is 4.79 Å². The van der Waals surface area contributed by atoms with Crippen LogP contribution in [0.25, 0.3) is 0 Å². The molecule has 3 nitrogen and oxygen atoms in total. The lowest BCUT2D eigenvalue weighted by molar-refractivity contribution is -0.125. The van der Waals surface area contributed by atoms with E-state index in [-0.39, 0.29) is 11.8 Å². The molecule has 3 heteroatoms. The predicted octanol–water partition coefficient (Wildman–Crippen LogP) is 2.66. The molecule has 1 aliphatic heterocycles. The Bertz CT molecular complexity index is 263. The molecular weight excluding hydrogens is 224 g/mol. The van der Waals surface area contributed by atoms with Crippen molar-refractivity contribution in [2.45, 2.75) is 66.0 Å². The van der Waals surface area contributed by atoms with Crippen molar-refractivity contribution in [1.82, 2.24) is 10.2 Å². The quantitative estimate of drug-likeness (QED) is 0.818. The van der Waals surface area contributed by atoms with Gasteiger partial charge in [-0.05, 0) is 38.6 Å². The summed E-state index contributed by atoms with van der Waals surface area (Å²) in [5.41, 5.74) is 0. The van der Waals surface area contributed by atoms with Gasteiger partial charge < -0.3 is 10.2 Å². The zero-order valence-corrected chi connectivity index (χ0v) is 12.7. The van der Waals surface area contributed by atoms with Gasteiger partial charge in [0, 0.05) is 24.5 Å². The summed E-state index contributed by atoms with van der Waals surface area (Å²) in [6.07, 6.45) is 3.46. The second kappa shape index (κ2) is 7.13. The minimum absolute atomic E-state index is 0.0966. The van der Waals surface area contributed by atoms with Crippen LogP contribution in [0.5, 0.6) is 0 Å². The molecule has 0 aliphatic carbocycles. The highest BCUT2D eigenvalue weighted by Crippen LogP contribution is 2.18. The molecule has 1 aliphatic rings. The Balaban J connectivity index is 2.34. The molecule has 1 amide bonds. The molecule has 0 aromatic rings. The molecule has 0 spiro atoms. The van der Waals surface area contributed by atoms with Gasteiger partial charge in [-0.25, -0.2) is 0 Å². The van der Waals surface area contributed by atoms with Gasteiger partial charge in [0.15, 0.2) is 0 Å². The Morgan fingerprint density at radius 3 is 2.50 bits per heavy atom. The van der Waals surface area contributed by atoms with Crippen LogP contribution in [-0.4, -0.2) is 36.0 Å². The van der Waals surface area contributed by atoms with Crippen LogP contribution in [0.1, 0.15) is 53.9 Å². The van der Waals surface area contributed by atoms with Gasteiger partial charge in [-0.15, -0.1) is 0 Å². The second-order valence-corrected chi connectivity index (χ2v) is 6.45. The molecule has 1 saturated heterocycles. The summed E-state index contributed by atoms with van der Waals surface area (Å²) in [5, 5.41) is 3.17. The first-order valence-electron chi connectivity index (χ1n) is 7.44. The van der Waals surface area contributed by atoms with Crippen molar-refractivity contribution in [2.75, 3.05) is 13.1 Å². The highest BCUT2D eigenvalue weighted by Gasteiger charge is 2.26. The van der Waals surface area contributed by atoms with E-state index in [1.54, 1.807) is 0 Å². The molecule has 0 saturated carbocycles. The number of rotatable bonds is 5. The number of carbonyl (C=O) groups is 1. The standard InChI is InChI=1S/C15H30N2O/c1-11(2)6-8-17-9-7-14(10-13(17)5)16-15(18)12(3)4/h11-14H,6-10H2,1-5H3,(H,16,18)/t13-,14+/m1/s1. The molecule has 2 atom stereocenters. The third-order valence-electron chi connectivity index (χ3n) is 3.88. The fourth-order valence-electron chi connectivity index (χ4n) is 2.48. The molecule has 1 fully saturated rings. The Morgan fingerprint density at radius 1 is 1.33 bits per heavy atom. The number of hydrogen-bond donors (Lipinski definition) is 1. The average Bonchev–Trinajstić information content (AvgIpc) is 2.27. The van der Waals surface area contributed by atoms with Gasteiger partial charge in [0.2, 0.25) is 5.91 Å². The SMILES string of the molecule is CC(C)CCN1CC[C@H](NC(=O)C(C)C)C[C@H]1C. The van der Waals surface area contributed by atoms with Gasteiger partial charge in [-0.2, -0.15) is 0 Å². The maximum Gasteiger partial charge on any atom is 0.222 e. The van der Waals surface area contributed by atoms with E-state index in [0.717, 1.165) is 25.3 Å². The topological polar surface area (TPSA) is 32.3 Å². The molecule has 1 N–H and O–H groups in total. The summed E-state index contributed by atoms with van der Waals surface area (Å²) in [6, 6.07) is 0.972. The molecular formula is C15H30N2O. The van der Waals surface area contributed by atoms with E-state index >= 15 is 0 Å². The molecule has 0 unspecified atom stereocenters. The molecule has 0 radical (unpaired) electrons. The highest BCUT2D eigenvalue weighted by molar-refractivity contribution is 5.78. The van der Waals surface area contributed by atoms with Gasteiger partial charge in [-0.1, -0.05) is 27.7 Å². The van der Waals surface area contributed by atoms with Gasteiger partial charge in [-0.3, -0.25) is 4.79 Å². The van der Waals surface area contributed by atoms with Crippen molar-refractivity contribution >= 4 is 5.91 Å². The van der Waals surface area contributed by atoms with Gasteiger partial charge >= 0.3 is 0 Å². The predicted molar refractivity (Wildman–Crippen MR) is 76.5 cm³/mol. The van der Waals surface area contributed by atoms with Crippen molar-refractivity contribution < 1.29 is 4.79 Å². The number of carbonyl (C=O) groups excluding carboxylic acids is 1. The second-order valence-electron chi connectivity index (χ2n) is 6.45. The van der Waals surface area contributed by atoms with E-state index in [1.165, 1.54) is 13.0 Å². The zero-order valence-electron chi connectivity index (χ0n) is 12.7. The van der Waals surface area contributed by atoms with E-state index in [4.69, 9.17) is 0 Å². The molecule has 18 heavy (non-hydrogen) atoms. The number of nitrogens with zero attached hydrogens (tertiary/aromatic N) is 1. The van der Waals surface area contributed by atoms with E-state index in [1.807, 2.05) is 13.8 Å². The van der Waals surface area contributed by atoms with Crippen molar-refractivity contribution in [2.24, 2.45) is 11.8 Å². The first kappa shape index (κ1) is 15.5. The third kappa shape index (κ3) is 4.97. The smallest absolute Gasteiger partial charge is 0.222 e. The molecule has 1 heterocycles. The van der Waals surface area contributed by atoms with Crippen LogP contribution < -0.4 is 5.32 Å². The van der Waals surface area contributed by atoms with Crippen LogP contribution in [0.2, 0.25) is 0 Å². The Hall–Kier alpha value is -0.570. The van der Waals surface area contributed by atoms with Crippen LogP contribution in [0.4, 0.5) is 0 Å². The summed E-state index contributed by atoms with van der Waals surface area (Å²) in [6.45, 7) is 13.1. The Labute approximate surface area is 112 Å². The minimum atomic E-state index is 0.0966. The van der Waals surface area contributed by atoms with Crippen molar-refractivity contribution in [1.29, 1.82) is 0 Å². The van der Waals surface area contributed by atoms with E-state index in [0.29, 0.717) is 12.1 Å². The maximum absolute atomic E-state index is 11.7. The number of nitrogens with one attached hydrogen (secondary N) is 1. The lowest BCUT2D eigenvalue weighted by Crippen LogP contribution is -2.49. The Morgan fingerprint density at radius 2 is 2.00 bits per heavy atom. The van der Waals surface area contributed by atoms with Crippen LogP contribution >= 0.6 is 0 Å². The summed E-state index contributed by atoms with van der Waals surface area (Å²) in [4.78, 5) is 14.3. The largest absolute Gasteiger partial charge is 0.353 e. The monoisotopic (exact) mass is 254 g/mol. The fourth-order valence-corrected chi connectivity index (χ4v) is 2.48. The van der Waals surface area contributed by atoms with Crippen LogP contribution in [0.15, 0.2) is 0 Å². The lowest BCUT2D eigenvalue weighted by atomic mass is 9.96. The summed E-state index contributed by atoms with van der Waals surface area (Å²) in [5.74, 6) is 1.07. The number of likely N-dealkylation sites (tertiary alicyclic amines) is 1. The Kier molecular flexibility index (Phi) is 6.13. The molecule has 0 bridgehead atoms.